The zero-order valence-corrected chi connectivity index (χ0v) is 13.6. The molecular weight excluding hydrogens is 342 g/mol. The number of carbonyl (C=O) groups is 1. The van der Waals surface area contributed by atoms with Crippen molar-refractivity contribution >= 4 is 11.7 Å². The molecule has 1 aliphatic rings. The van der Waals surface area contributed by atoms with Crippen molar-refractivity contribution in [2.24, 2.45) is 0 Å². The Morgan fingerprint density at radius 1 is 0.846 bits per heavy atom. The van der Waals surface area contributed by atoms with E-state index in [-0.39, 0.29) is 0 Å². The summed E-state index contributed by atoms with van der Waals surface area (Å²) < 4.78 is 4.79. The molecule has 1 fully saturated rings. The minimum Gasteiger partial charge on any atom is -0.387 e. The fourth-order valence-corrected chi connectivity index (χ4v) is 2.58. The Hall–Kier alpha value is -2.49. The second-order valence-corrected chi connectivity index (χ2v) is 5.89. The lowest BCUT2D eigenvalue weighted by Crippen LogP contribution is -2.60. The maximum atomic E-state index is 12.0. The van der Waals surface area contributed by atoms with E-state index in [4.69, 9.17) is 9.57 Å². The molecule has 3 rings (SSSR count). The SMILES string of the molecule is O=C(ONc1ccc(-c2ccccc2)cc1)[C@H]1OC(O)[C@H](O)[C@@H](O)[C@@H]1O. The molecule has 1 unspecified atom stereocenters. The van der Waals surface area contributed by atoms with E-state index in [2.05, 4.69) is 5.48 Å². The van der Waals surface area contributed by atoms with Gasteiger partial charge in [0.1, 0.15) is 18.3 Å². The van der Waals surface area contributed by atoms with E-state index in [0.29, 0.717) is 5.69 Å². The summed E-state index contributed by atoms with van der Waals surface area (Å²) in [5.74, 6) is -1.05. The summed E-state index contributed by atoms with van der Waals surface area (Å²) in [6, 6.07) is 16.8. The highest BCUT2D eigenvalue weighted by Crippen LogP contribution is 2.23. The van der Waals surface area contributed by atoms with Crippen LogP contribution in [0.15, 0.2) is 54.6 Å². The lowest BCUT2D eigenvalue weighted by atomic mass is 9.99. The quantitative estimate of drug-likeness (QED) is 0.482. The van der Waals surface area contributed by atoms with Crippen LogP contribution in [0, 0.1) is 0 Å². The molecule has 26 heavy (non-hydrogen) atoms. The van der Waals surface area contributed by atoms with Crippen molar-refractivity contribution in [3.63, 3.8) is 0 Å². The third-order valence-corrected chi connectivity index (χ3v) is 4.08. The summed E-state index contributed by atoms with van der Waals surface area (Å²) in [4.78, 5) is 16.8. The molecule has 138 valence electrons. The number of ether oxygens (including phenoxy) is 1. The first-order valence-electron chi connectivity index (χ1n) is 7.97. The van der Waals surface area contributed by atoms with Crippen LogP contribution in [-0.2, 0) is 14.4 Å². The molecule has 0 bridgehead atoms. The third kappa shape index (κ3) is 3.85. The van der Waals surface area contributed by atoms with Gasteiger partial charge < -0.3 is 30.0 Å². The first-order valence-corrected chi connectivity index (χ1v) is 7.97. The highest BCUT2D eigenvalue weighted by Gasteiger charge is 2.47. The Bertz CT molecular complexity index is 737. The molecule has 2 aromatic rings. The van der Waals surface area contributed by atoms with Gasteiger partial charge in [-0.2, -0.15) is 0 Å². The lowest BCUT2D eigenvalue weighted by molar-refractivity contribution is -0.280. The van der Waals surface area contributed by atoms with Crippen molar-refractivity contribution < 1.29 is 34.8 Å². The average Bonchev–Trinajstić information content (AvgIpc) is 2.68. The summed E-state index contributed by atoms with van der Waals surface area (Å²) in [5, 5.41) is 38.2. The van der Waals surface area contributed by atoms with Gasteiger partial charge in [-0.1, -0.05) is 42.5 Å². The van der Waals surface area contributed by atoms with Gasteiger partial charge in [0.2, 0.25) is 0 Å². The fourth-order valence-electron chi connectivity index (χ4n) is 2.58. The zero-order valence-electron chi connectivity index (χ0n) is 13.6. The maximum absolute atomic E-state index is 12.0. The number of benzene rings is 2. The summed E-state index contributed by atoms with van der Waals surface area (Å²) >= 11 is 0. The molecular formula is C18H19NO7. The molecule has 0 spiro atoms. The van der Waals surface area contributed by atoms with Gasteiger partial charge >= 0.3 is 5.97 Å². The molecule has 2 aromatic carbocycles. The molecule has 0 aliphatic carbocycles. The van der Waals surface area contributed by atoms with Crippen molar-refractivity contribution in [2.75, 3.05) is 5.48 Å². The highest BCUT2D eigenvalue weighted by atomic mass is 16.7. The minimum atomic E-state index is -1.81. The number of hydrogen-bond acceptors (Lipinski definition) is 8. The van der Waals surface area contributed by atoms with Crippen molar-refractivity contribution in [3.8, 4) is 11.1 Å². The number of anilines is 1. The Morgan fingerprint density at radius 2 is 1.46 bits per heavy atom. The van der Waals surface area contributed by atoms with Crippen LogP contribution in [-0.4, -0.2) is 57.1 Å². The zero-order chi connectivity index (χ0) is 18.7. The van der Waals surface area contributed by atoms with Crippen molar-refractivity contribution in [1.29, 1.82) is 0 Å². The summed E-state index contributed by atoms with van der Waals surface area (Å²) in [7, 11) is 0. The Kier molecular flexibility index (Phi) is 5.50. The molecule has 0 saturated carbocycles. The first kappa shape index (κ1) is 18.3. The molecule has 1 saturated heterocycles. The van der Waals surface area contributed by atoms with Crippen molar-refractivity contribution in [2.45, 2.75) is 30.7 Å². The summed E-state index contributed by atoms with van der Waals surface area (Å²) in [6.07, 6.45) is -8.63. The van der Waals surface area contributed by atoms with E-state index in [1.807, 2.05) is 42.5 Å². The van der Waals surface area contributed by atoms with Gasteiger partial charge in [-0.15, -0.1) is 0 Å². The number of aliphatic hydroxyl groups excluding tert-OH is 4. The van der Waals surface area contributed by atoms with Gasteiger partial charge in [-0.05, 0) is 23.3 Å². The van der Waals surface area contributed by atoms with Crippen LogP contribution in [0.25, 0.3) is 11.1 Å². The molecule has 8 heteroatoms. The largest absolute Gasteiger partial charge is 0.387 e. The van der Waals surface area contributed by atoms with E-state index in [9.17, 15) is 25.2 Å². The highest BCUT2D eigenvalue weighted by molar-refractivity contribution is 5.77. The van der Waals surface area contributed by atoms with E-state index in [1.165, 1.54) is 0 Å². The minimum absolute atomic E-state index is 0.476. The van der Waals surface area contributed by atoms with Gasteiger partial charge in [0.15, 0.2) is 12.4 Å². The van der Waals surface area contributed by atoms with Crippen molar-refractivity contribution in [3.05, 3.63) is 54.6 Å². The molecule has 5 atom stereocenters. The van der Waals surface area contributed by atoms with E-state index in [0.717, 1.165) is 11.1 Å². The van der Waals surface area contributed by atoms with Gasteiger partial charge in [0.25, 0.3) is 0 Å². The van der Waals surface area contributed by atoms with Crippen LogP contribution in [0.5, 0.6) is 0 Å². The van der Waals surface area contributed by atoms with Gasteiger partial charge in [0, 0.05) is 0 Å². The molecule has 1 aliphatic heterocycles. The molecule has 0 aromatic heterocycles. The van der Waals surface area contributed by atoms with Crippen LogP contribution in [0.2, 0.25) is 0 Å². The Labute approximate surface area is 149 Å². The monoisotopic (exact) mass is 361 g/mol. The van der Waals surface area contributed by atoms with Crippen molar-refractivity contribution in [1.82, 2.24) is 0 Å². The predicted octanol–water partition coefficient (Wildman–Crippen LogP) is 0.0236. The van der Waals surface area contributed by atoms with Crippen LogP contribution < -0.4 is 5.48 Å². The summed E-state index contributed by atoms with van der Waals surface area (Å²) in [5.41, 5.74) is 4.91. The topological polar surface area (TPSA) is 128 Å². The van der Waals surface area contributed by atoms with Gasteiger partial charge in [-0.25, -0.2) is 10.3 Å². The number of nitrogens with one attached hydrogen (secondary N) is 1. The maximum Gasteiger partial charge on any atom is 0.363 e. The second kappa shape index (κ2) is 7.81. The van der Waals surface area contributed by atoms with Crippen LogP contribution in [0.4, 0.5) is 5.69 Å². The molecule has 8 nitrogen and oxygen atoms in total. The van der Waals surface area contributed by atoms with Gasteiger partial charge in [-0.3, -0.25) is 0 Å². The third-order valence-electron chi connectivity index (χ3n) is 4.08. The van der Waals surface area contributed by atoms with E-state index >= 15 is 0 Å². The fraction of sp³-hybridized carbons (Fsp3) is 0.278. The molecule has 1 heterocycles. The summed E-state index contributed by atoms with van der Waals surface area (Å²) in [6.45, 7) is 0. The molecule has 0 radical (unpaired) electrons. The predicted molar refractivity (Wildman–Crippen MR) is 90.5 cm³/mol. The average molecular weight is 361 g/mol. The van der Waals surface area contributed by atoms with E-state index < -0.39 is 36.7 Å². The standard InChI is InChI=1S/C18H19NO7/c20-13-14(21)16(25-17(23)15(13)22)18(24)26-19-12-8-6-11(7-9-12)10-4-2-1-3-5-10/h1-9,13-17,19-23H/t13-,14-,15+,16-,17?/m0/s1. The molecule has 0 amide bonds. The Balaban J connectivity index is 1.59. The first-order chi connectivity index (χ1) is 12.5. The molecule has 5 N–H and O–H groups in total. The van der Waals surface area contributed by atoms with E-state index in [1.54, 1.807) is 12.1 Å². The smallest absolute Gasteiger partial charge is 0.363 e. The normalized spacial score (nSPS) is 28.4. The van der Waals surface area contributed by atoms with Gasteiger partial charge in [0.05, 0.1) is 5.69 Å². The number of aliphatic hydroxyl groups is 4. The van der Waals surface area contributed by atoms with Crippen LogP contribution in [0.1, 0.15) is 0 Å². The van der Waals surface area contributed by atoms with Crippen LogP contribution in [0.3, 0.4) is 0 Å². The Morgan fingerprint density at radius 3 is 2.12 bits per heavy atom. The number of carbonyl (C=O) groups excluding carboxylic acids is 1. The second-order valence-electron chi connectivity index (χ2n) is 5.89. The number of hydrogen-bond donors (Lipinski definition) is 5. The lowest BCUT2D eigenvalue weighted by Gasteiger charge is -2.36. The van der Waals surface area contributed by atoms with Crippen LogP contribution >= 0.6 is 0 Å². The number of rotatable bonds is 4.